The number of likely N-dealkylation sites (tertiary alicyclic amines) is 2. The zero-order valence-corrected chi connectivity index (χ0v) is 20.4. The topological polar surface area (TPSA) is 55.8 Å². The Balaban J connectivity index is 1.07. The number of piperidine rings is 2. The maximum Gasteiger partial charge on any atom is 0.246 e. The summed E-state index contributed by atoms with van der Waals surface area (Å²) in [5, 5.41) is 15.2. The second kappa shape index (κ2) is 10.1. The Labute approximate surface area is 207 Å². The molecule has 0 radical (unpaired) electrons. The molecule has 2 aromatic carbocycles. The van der Waals surface area contributed by atoms with Crippen LogP contribution < -0.4 is 5.32 Å². The number of amides is 1. The second-order valence-corrected chi connectivity index (χ2v) is 10.5. The number of carbonyl (C=O) groups excluding carboxylic acids is 1. The Kier molecular flexibility index (Phi) is 6.96. The van der Waals surface area contributed by atoms with Gasteiger partial charge in [0.2, 0.25) is 5.91 Å². The van der Waals surface area contributed by atoms with Gasteiger partial charge in [0.15, 0.2) is 0 Å². The van der Waals surface area contributed by atoms with Gasteiger partial charge in [-0.25, -0.2) is 0 Å². The van der Waals surface area contributed by atoms with E-state index >= 15 is 0 Å². The van der Waals surface area contributed by atoms with Crippen LogP contribution >= 0.6 is 11.6 Å². The van der Waals surface area contributed by atoms with Gasteiger partial charge in [-0.15, -0.1) is 0 Å². The molecule has 0 bridgehead atoms. The molecule has 3 aliphatic rings. The van der Waals surface area contributed by atoms with Crippen LogP contribution in [-0.2, 0) is 10.2 Å². The van der Waals surface area contributed by atoms with Crippen LogP contribution in [0.4, 0.5) is 5.69 Å². The molecule has 2 fully saturated rings. The number of aliphatic hydroxyl groups is 1. The molecule has 2 aromatic rings. The van der Waals surface area contributed by atoms with Crippen molar-refractivity contribution in [2.24, 2.45) is 5.92 Å². The van der Waals surface area contributed by atoms with Crippen molar-refractivity contribution in [3.8, 4) is 0 Å². The van der Waals surface area contributed by atoms with Gasteiger partial charge < -0.3 is 20.2 Å². The Morgan fingerprint density at radius 1 is 1.12 bits per heavy atom. The Bertz CT molecular complexity index is 1040. The predicted molar refractivity (Wildman–Crippen MR) is 138 cm³/mol. The van der Waals surface area contributed by atoms with Crippen LogP contribution in [0.2, 0.25) is 5.02 Å². The van der Waals surface area contributed by atoms with E-state index in [0.717, 1.165) is 57.4 Å². The molecule has 3 heterocycles. The highest BCUT2D eigenvalue weighted by Gasteiger charge is 2.41. The summed E-state index contributed by atoms with van der Waals surface area (Å²) in [6.45, 7) is 5.22. The van der Waals surface area contributed by atoms with E-state index in [1.54, 1.807) is 6.08 Å². The van der Waals surface area contributed by atoms with Crippen molar-refractivity contribution in [2.45, 2.75) is 37.2 Å². The largest absolute Gasteiger partial charge is 0.392 e. The minimum Gasteiger partial charge on any atom is -0.392 e. The fourth-order valence-electron chi connectivity index (χ4n) is 5.87. The van der Waals surface area contributed by atoms with Crippen molar-refractivity contribution >= 4 is 29.3 Å². The number of carbonyl (C=O) groups is 1. The molecule has 1 unspecified atom stereocenters. The number of fused-ring (bicyclic) bond motifs is 2. The molecule has 1 amide bonds. The third-order valence-electron chi connectivity index (χ3n) is 8.04. The number of aliphatic hydroxyl groups excluding tert-OH is 1. The van der Waals surface area contributed by atoms with Crippen LogP contribution in [0.25, 0.3) is 6.08 Å². The number of nitrogens with one attached hydrogen (secondary N) is 1. The summed E-state index contributed by atoms with van der Waals surface area (Å²) >= 11 is 6.02. The standard InChI is InChI=1S/C28H34ClN3O2/c29-23-5-3-4-21(18-23)8-9-27(34)32-14-10-22(11-15-32)26(33)19-31-16-12-28(13-17-31)20-30-25-7-2-1-6-24(25)28/h1-9,18,22,26,30,33H,10-17,19-20H2/b9-8+. The number of nitrogens with zero attached hydrogens (tertiary/aromatic N) is 2. The third kappa shape index (κ3) is 5.02. The maximum absolute atomic E-state index is 12.6. The first-order chi connectivity index (χ1) is 16.5. The average Bonchev–Trinajstić information content (AvgIpc) is 3.22. The molecule has 1 spiro atoms. The Hall–Kier alpha value is -2.34. The molecule has 5 rings (SSSR count). The number of halogens is 1. The summed E-state index contributed by atoms with van der Waals surface area (Å²) in [7, 11) is 0. The Morgan fingerprint density at radius 3 is 2.65 bits per heavy atom. The van der Waals surface area contributed by atoms with Gasteiger partial charge in [0, 0.05) is 48.4 Å². The first kappa shape index (κ1) is 23.4. The van der Waals surface area contributed by atoms with Crippen molar-refractivity contribution in [1.29, 1.82) is 0 Å². The van der Waals surface area contributed by atoms with Gasteiger partial charge in [0.05, 0.1) is 6.10 Å². The van der Waals surface area contributed by atoms with Crippen LogP contribution in [0.15, 0.2) is 54.6 Å². The van der Waals surface area contributed by atoms with E-state index in [1.165, 1.54) is 11.3 Å². The van der Waals surface area contributed by atoms with Crippen molar-refractivity contribution in [3.63, 3.8) is 0 Å². The maximum atomic E-state index is 12.6. The van der Waals surface area contributed by atoms with Gasteiger partial charge in [0.25, 0.3) is 0 Å². The number of β-amino-alcohol motifs (C(OH)–C–C–N with tert-alkyl or cyclic N) is 1. The van der Waals surface area contributed by atoms with Crippen molar-refractivity contribution in [1.82, 2.24) is 9.80 Å². The number of para-hydroxylation sites is 1. The molecule has 0 aromatic heterocycles. The molecule has 0 saturated carbocycles. The summed E-state index contributed by atoms with van der Waals surface area (Å²) in [5.41, 5.74) is 3.94. The van der Waals surface area contributed by atoms with Crippen LogP contribution in [-0.4, -0.2) is 66.2 Å². The van der Waals surface area contributed by atoms with E-state index < -0.39 is 0 Å². The van der Waals surface area contributed by atoms with E-state index in [9.17, 15) is 9.90 Å². The lowest BCUT2D eigenvalue weighted by atomic mass is 9.74. The molecule has 6 heteroatoms. The van der Waals surface area contributed by atoms with E-state index in [1.807, 2.05) is 35.2 Å². The molecular weight excluding hydrogens is 446 g/mol. The zero-order valence-electron chi connectivity index (χ0n) is 19.6. The van der Waals surface area contributed by atoms with Crippen molar-refractivity contribution in [3.05, 3.63) is 70.8 Å². The highest BCUT2D eigenvalue weighted by atomic mass is 35.5. The third-order valence-corrected chi connectivity index (χ3v) is 8.27. The average molecular weight is 480 g/mol. The van der Waals surface area contributed by atoms with Gasteiger partial charge in [-0.2, -0.15) is 0 Å². The lowest BCUT2D eigenvalue weighted by Crippen LogP contribution is -2.48. The highest BCUT2D eigenvalue weighted by molar-refractivity contribution is 6.30. The number of hydrogen-bond acceptors (Lipinski definition) is 4. The normalized spacial score (nSPS) is 21.5. The van der Waals surface area contributed by atoms with Gasteiger partial charge >= 0.3 is 0 Å². The molecule has 2 saturated heterocycles. The molecule has 0 aliphatic carbocycles. The first-order valence-electron chi connectivity index (χ1n) is 12.5. The molecule has 180 valence electrons. The molecule has 2 N–H and O–H groups in total. The number of benzene rings is 2. The quantitative estimate of drug-likeness (QED) is 0.623. The van der Waals surface area contributed by atoms with Gasteiger partial charge in [-0.1, -0.05) is 41.9 Å². The number of hydrogen-bond donors (Lipinski definition) is 2. The van der Waals surface area contributed by atoms with Crippen LogP contribution in [0.3, 0.4) is 0 Å². The second-order valence-electron chi connectivity index (χ2n) is 10.1. The van der Waals surface area contributed by atoms with Crippen LogP contribution in [0, 0.1) is 5.92 Å². The van der Waals surface area contributed by atoms with Crippen LogP contribution in [0.1, 0.15) is 36.8 Å². The SMILES string of the molecule is O=C(/C=C/c1cccc(Cl)c1)N1CCC(C(O)CN2CCC3(CC2)CNc2ccccc23)CC1. The van der Waals surface area contributed by atoms with E-state index in [2.05, 4.69) is 34.5 Å². The van der Waals surface area contributed by atoms with Gasteiger partial charge in [-0.3, -0.25) is 4.79 Å². The molecular formula is C28H34ClN3O2. The highest BCUT2D eigenvalue weighted by Crippen LogP contribution is 2.43. The number of rotatable bonds is 5. The zero-order chi connectivity index (χ0) is 23.5. The molecule has 5 nitrogen and oxygen atoms in total. The fraction of sp³-hybridized carbons (Fsp3) is 0.464. The predicted octanol–water partition coefficient (Wildman–Crippen LogP) is 4.41. The lowest BCUT2D eigenvalue weighted by molar-refractivity contribution is -0.128. The van der Waals surface area contributed by atoms with E-state index in [4.69, 9.17) is 11.6 Å². The van der Waals surface area contributed by atoms with Gasteiger partial charge in [-0.05, 0) is 80.1 Å². The first-order valence-corrected chi connectivity index (χ1v) is 12.9. The van der Waals surface area contributed by atoms with E-state index in [-0.39, 0.29) is 23.3 Å². The summed E-state index contributed by atoms with van der Waals surface area (Å²) in [6.07, 6.45) is 7.09. The lowest BCUT2D eigenvalue weighted by Gasteiger charge is -2.41. The molecule has 34 heavy (non-hydrogen) atoms. The monoisotopic (exact) mass is 479 g/mol. The summed E-state index contributed by atoms with van der Waals surface area (Å²) in [6, 6.07) is 16.2. The van der Waals surface area contributed by atoms with Crippen molar-refractivity contribution in [2.75, 3.05) is 44.6 Å². The molecule has 3 aliphatic heterocycles. The summed E-state index contributed by atoms with van der Waals surface area (Å²) in [5.74, 6) is 0.283. The van der Waals surface area contributed by atoms with Crippen LogP contribution in [0.5, 0.6) is 0 Å². The number of anilines is 1. The fourth-order valence-corrected chi connectivity index (χ4v) is 6.07. The summed E-state index contributed by atoms with van der Waals surface area (Å²) < 4.78 is 0. The van der Waals surface area contributed by atoms with E-state index in [0.29, 0.717) is 18.1 Å². The Morgan fingerprint density at radius 2 is 1.88 bits per heavy atom. The smallest absolute Gasteiger partial charge is 0.246 e. The van der Waals surface area contributed by atoms with Gasteiger partial charge in [0.1, 0.15) is 0 Å². The minimum absolute atomic E-state index is 0.0275. The minimum atomic E-state index is -0.331. The molecule has 1 atom stereocenters. The summed E-state index contributed by atoms with van der Waals surface area (Å²) in [4.78, 5) is 16.9. The van der Waals surface area contributed by atoms with Crippen molar-refractivity contribution < 1.29 is 9.90 Å².